The van der Waals surface area contributed by atoms with Crippen molar-refractivity contribution in [1.82, 2.24) is 14.8 Å². The highest BCUT2D eigenvalue weighted by Crippen LogP contribution is 2.26. The number of H-pyrrole nitrogens is 1. The molecule has 0 aliphatic carbocycles. The fraction of sp³-hybridized carbons (Fsp3) is 0.154. The Morgan fingerprint density at radius 2 is 2.10 bits per heavy atom. The minimum Gasteiger partial charge on any atom is -0.399 e. The van der Waals surface area contributed by atoms with Crippen LogP contribution in [0.1, 0.15) is 5.69 Å². The van der Waals surface area contributed by atoms with Crippen molar-refractivity contribution in [3.8, 4) is 0 Å². The molecule has 0 bridgehead atoms. The normalized spacial score (nSPS) is 11.9. The highest BCUT2D eigenvalue weighted by molar-refractivity contribution is 7.93. The van der Waals surface area contributed by atoms with Gasteiger partial charge in [-0.1, -0.05) is 0 Å². The third-order valence-corrected chi connectivity index (χ3v) is 4.59. The van der Waals surface area contributed by atoms with E-state index in [0.29, 0.717) is 22.4 Å². The highest BCUT2D eigenvalue weighted by Gasteiger charge is 2.20. The Bertz CT molecular complexity index is 923. The van der Waals surface area contributed by atoms with E-state index in [1.165, 1.54) is 10.9 Å². The van der Waals surface area contributed by atoms with E-state index in [2.05, 4.69) is 14.8 Å². The minimum atomic E-state index is -3.72. The van der Waals surface area contributed by atoms with Crippen LogP contribution in [0, 0.1) is 6.92 Å². The summed E-state index contributed by atoms with van der Waals surface area (Å²) in [6, 6.07) is 6.76. The van der Waals surface area contributed by atoms with Gasteiger partial charge in [0.1, 0.15) is 10.7 Å². The maximum atomic E-state index is 12.5. The van der Waals surface area contributed by atoms with Crippen molar-refractivity contribution in [1.29, 1.82) is 0 Å². The molecule has 0 amide bonds. The molecule has 0 spiro atoms. The Morgan fingerprint density at radius 3 is 2.76 bits per heavy atom. The Hall–Kier alpha value is -2.48. The molecule has 0 saturated heterocycles. The van der Waals surface area contributed by atoms with E-state index in [0.717, 1.165) is 5.69 Å². The van der Waals surface area contributed by atoms with Gasteiger partial charge in [-0.25, -0.2) is 8.42 Å². The van der Waals surface area contributed by atoms with Gasteiger partial charge in [0.15, 0.2) is 0 Å². The van der Waals surface area contributed by atoms with Gasteiger partial charge in [0.05, 0.1) is 5.69 Å². The summed E-state index contributed by atoms with van der Waals surface area (Å²) in [5, 5.41) is 4.67. The molecule has 0 radical (unpaired) electrons. The quantitative estimate of drug-likeness (QED) is 0.639. The van der Waals surface area contributed by atoms with Crippen LogP contribution in [0.2, 0.25) is 0 Å². The first-order valence-corrected chi connectivity index (χ1v) is 7.75. The Labute approximate surface area is 121 Å². The van der Waals surface area contributed by atoms with Gasteiger partial charge in [0.2, 0.25) is 0 Å². The van der Waals surface area contributed by atoms with Crippen LogP contribution in [0.4, 0.5) is 11.5 Å². The molecule has 3 aromatic rings. The molecular formula is C13H15N5O2S. The maximum Gasteiger partial charge on any atom is 0.265 e. The average Bonchev–Trinajstić information content (AvgIpc) is 2.93. The Balaban J connectivity index is 2.08. The average molecular weight is 305 g/mol. The summed E-state index contributed by atoms with van der Waals surface area (Å²) < 4.78 is 29.1. The second-order valence-corrected chi connectivity index (χ2v) is 6.51. The van der Waals surface area contributed by atoms with Crippen LogP contribution in [-0.4, -0.2) is 23.2 Å². The maximum absolute atomic E-state index is 12.5. The lowest BCUT2D eigenvalue weighted by atomic mass is 10.2. The monoisotopic (exact) mass is 305 g/mol. The Morgan fingerprint density at radius 1 is 1.33 bits per heavy atom. The van der Waals surface area contributed by atoms with Crippen molar-refractivity contribution < 1.29 is 8.42 Å². The second kappa shape index (κ2) is 4.52. The smallest absolute Gasteiger partial charge is 0.265 e. The fourth-order valence-corrected chi connectivity index (χ4v) is 3.48. The van der Waals surface area contributed by atoms with Crippen molar-refractivity contribution in [3.63, 3.8) is 0 Å². The molecular weight excluding hydrogens is 290 g/mol. The van der Waals surface area contributed by atoms with Crippen molar-refractivity contribution in [3.05, 3.63) is 36.2 Å². The zero-order valence-corrected chi connectivity index (χ0v) is 12.4. The number of sulfonamides is 1. The first-order valence-electron chi connectivity index (χ1n) is 6.27. The number of rotatable bonds is 3. The van der Waals surface area contributed by atoms with E-state index in [4.69, 9.17) is 5.73 Å². The molecule has 21 heavy (non-hydrogen) atoms. The van der Waals surface area contributed by atoms with Crippen molar-refractivity contribution in [2.45, 2.75) is 11.8 Å². The number of hydrogen-bond acceptors (Lipinski definition) is 4. The zero-order valence-electron chi connectivity index (χ0n) is 11.6. The van der Waals surface area contributed by atoms with Crippen molar-refractivity contribution in [2.75, 3.05) is 10.5 Å². The summed E-state index contributed by atoms with van der Waals surface area (Å²) >= 11 is 0. The van der Waals surface area contributed by atoms with E-state index in [9.17, 15) is 8.42 Å². The molecule has 3 rings (SSSR count). The molecule has 2 aromatic heterocycles. The van der Waals surface area contributed by atoms with Crippen LogP contribution in [0.15, 0.2) is 35.4 Å². The molecule has 0 atom stereocenters. The lowest BCUT2D eigenvalue weighted by Gasteiger charge is -2.07. The van der Waals surface area contributed by atoms with Crippen molar-refractivity contribution in [2.24, 2.45) is 7.05 Å². The van der Waals surface area contributed by atoms with Crippen LogP contribution in [0.3, 0.4) is 0 Å². The third kappa shape index (κ3) is 2.33. The number of aryl methyl sites for hydroxylation is 2. The van der Waals surface area contributed by atoms with Gasteiger partial charge >= 0.3 is 0 Å². The first kappa shape index (κ1) is 13.5. The number of nitrogen functional groups attached to an aromatic ring is 1. The number of anilines is 2. The highest BCUT2D eigenvalue weighted by atomic mass is 32.2. The van der Waals surface area contributed by atoms with Gasteiger partial charge in [-0.15, -0.1) is 0 Å². The van der Waals surface area contributed by atoms with Gasteiger partial charge in [0, 0.05) is 35.9 Å². The number of nitrogens with zero attached hydrogens (tertiary/aromatic N) is 2. The van der Waals surface area contributed by atoms with Gasteiger partial charge in [-0.05, 0) is 25.1 Å². The molecule has 0 saturated carbocycles. The molecule has 4 N–H and O–H groups in total. The van der Waals surface area contributed by atoms with Crippen LogP contribution < -0.4 is 10.5 Å². The van der Waals surface area contributed by atoms with Gasteiger partial charge in [0.25, 0.3) is 10.0 Å². The standard InChI is InChI=1S/C13H15N5O2S/c1-8-5-13(18(2)16-8)17-21(19,20)12-7-15-11-4-3-9(14)6-10(11)12/h3-7,15,17H,14H2,1-2H3. The summed E-state index contributed by atoms with van der Waals surface area (Å²) in [6.45, 7) is 1.80. The van der Waals surface area contributed by atoms with Gasteiger partial charge in [-0.2, -0.15) is 5.10 Å². The second-order valence-electron chi connectivity index (χ2n) is 4.86. The molecule has 0 unspecified atom stereocenters. The first-order chi connectivity index (χ1) is 9.87. The lowest BCUT2D eigenvalue weighted by molar-refractivity contribution is 0.601. The molecule has 2 heterocycles. The molecule has 0 fully saturated rings. The van der Waals surface area contributed by atoms with E-state index in [-0.39, 0.29) is 4.90 Å². The molecule has 0 aliphatic rings. The topological polar surface area (TPSA) is 106 Å². The van der Waals surface area contributed by atoms with Crippen LogP contribution in [-0.2, 0) is 17.1 Å². The SMILES string of the molecule is Cc1cc(NS(=O)(=O)c2c[nH]c3ccc(N)cc23)n(C)n1. The number of hydrogen-bond donors (Lipinski definition) is 3. The number of aromatic amines is 1. The number of fused-ring (bicyclic) bond motifs is 1. The number of benzene rings is 1. The third-order valence-electron chi connectivity index (χ3n) is 3.20. The summed E-state index contributed by atoms with van der Waals surface area (Å²) in [5.74, 6) is 0.408. The van der Waals surface area contributed by atoms with E-state index in [1.807, 2.05) is 0 Å². The van der Waals surface area contributed by atoms with Crippen molar-refractivity contribution >= 4 is 32.4 Å². The number of nitrogens with one attached hydrogen (secondary N) is 2. The van der Waals surface area contributed by atoms with Gasteiger partial charge in [-0.3, -0.25) is 9.40 Å². The van der Waals surface area contributed by atoms with Crippen LogP contribution in [0.5, 0.6) is 0 Å². The predicted octanol–water partition coefficient (Wildman–Crippen LogP) is 1.59. The van der Waals surface area contributed by atoms with E-state index in [1.54, 1.807) is 38.2 Å². The minimum absolute atomic E-state index is 0.156. The lowest BCUT2D eigenvalue weighted by Crippen LogP contribution is -2.15. The molecule has 110 valence electrons. The molecule has 1 aromatic carbocycles. The zero-order chi connectivity index (χ0) is 15.2. The molecule has 0 aliphatic heterocycles. The summed E-state index contributed by atoms with van der Waals surface area (Å²) in [5.41, 5.74) is 7.69. The summed E-state index contributed by atoms with van der Waals surface area (Å²) in [6.07, 6.45) is 1.45. The van der Waals surface area contributed by atoms with Crippen LogP contribution in [0.25, 0.3) is 10.9 Å². The Kier molecular flexibility index (Phi) is 2.91. The number of aromatic nitrogens is 3. The summed E-state index contributed by atoms with van der Waals surface area (Å²) in [4.78, 5) is 3.09. The van der Waals surface area contributed by atoms with E-state index >= 15 is 0 Å². The van der Waals surface area contributed by atoms with E-state index < -0.39 is 10.0 Å². The molecule has 8 heteroatoms. The van der Waals surface area contributed by atoms with Crippen LogP contribution >= 0.6 is 0 Å². The van der Waals surface area contributed by atoms with Gasteiger partial charge < -0.3 is 10.7 Å². The number of nitrogens with two attached hydrogens (primary N) is 1. The largest absolute Gasteiger partial charge is 0.399 e. The molecule has 7 nitrogen and oxygen atoms in total. The predicted molar refractivity (Wildman–Crippen MR) is 81.5 cm³/mol. The fourth-order valence-electron chi connectivity index (χ4n) is 2.23. The summed E-state index contributed by atoms with van der Waals surface area (Å²) in [7, 11) is -2.04.